The molecular formula is C12H14N4O3. The molecule has 1 aliphatic carbocycles. The molecule has 1 aromatic heterocycles. The minimum absolute atomic E-state index is 0.00455. The minimum Gasteiger partial charge on any atom is -0.424 e. The number of nitrogens with two attached hydrogens (primary N) is 1. The first-order chi connectivity index (χ1) is 9.17. The molecule has 1 aliphatic rings. The van der Waals surface area contributed by atoms with E-state index < -0.39 is 4.92 Å². The number of nitrogens with zero attached hydrogens (tertiary/aromatic N) is 2. The fourth-order valence-corrected chi connectivity index (χ4v) is 2.12. The highest BCUT2D eigenvalue weighted by Crippen LogP contribution is 2.34. The smallest absolute Gasteiger partial charge is 0.295 e. The van der Waals surface area contributed by atoms with Gasteiger partial charge in [-0.1, -0.05) is 0 Å². The van der Waals surface area contributed by atoms with Gasteiger partial charge in [0.1, 0.15) is 5.52 Å². The molecule has 19 heavy (non-hydrogen) atoms. The average Bonchev–Trinajstić information content (AvgIpc) is 3.15. The number of nitro benzene ring substituents is 1. The number of anilines is 1. The number of nitro groups is 1. The van der Waals surface area contributed by atoms with Gasteiger partial charge in [-0.3, -0.25) is 10.1 Å². The Balaban J connectivity index is 1.86. The van der Waals surface area contributed by atoms with Crippen LogP contribution in [0.1, 0.15) is 12.8 Å². The van der Waals surface area contributed by atoms with Crippen LogP contribution in [0.5, 0.6) is 0 Å². The van der Waals surface area contributed by atoms with Gasteiger partial charge in [-0.2, -0.15) is 4.98 Å². The van der Waals surface area contributed by atoms with Crippen LogP contribution in [0.15, 0.2) is 22.6 Å². The average molecular weight is 262 g/mol. The van der Waals surface area contributed by atoms with Gasteiger partial charge in [0, 0.05) is 24.7 Å². The molecule has 2 aromatic rings. The summed E-state index contributed by atoms with van der Waals surface area (Å²) in [5, 5.41) is 13.8. The van der Waals surface area contributed by atoms with Crippen LogP contribution in [0.3, 0.4) is 0 Å². The summed E-state index contributed by atoms with van der Waals surface area (Å²) in [6.45, 7) is 0.517. The monoisotopic (exact) mass is 262 g/mol. The number of rotatable bonds is 5. The van der Waals surface area contributed by atoms with Crippen molar-refractivity contribution in [2.45, 2.75) is 18.9 Å². The van der Waals surface area contributed by atoms with E-state index in [1.54, 1.807) is 6.07 Å². The lowest BCUT2D eigenvalue weighted by molar-refractivity contribution is -0.384. The number of non-ortho nitro benzene ring substituents is 1. The molecule has 0 radical (unpaired) electrons. The summed E-state index contributed by atoms with van der Waals surface area (Å²) in [6.07, 6.45) is 2.33. The molecule has 0 spiro atoms. The molecule has 1 fully saturated rings. The molecule has 1 saturated carbocycles. The number of benzene rings is 1. The van der Waals surface area contributed by atoms with E-state index in [4.69, 9.17) is 10.2 Å². The Bertz CT molecular complexity index is 620. The van der Waals surface area contributed by atoms with E-state index in [1.165, 1.54) is 25.0 Å². The zero-order valence-corrected chi connectivity index (χ0v) is 10.2. The van der Waals surface area contributed by atoms with Crippen LogP contribution >= 0.6 is 0 Å². The lowest BCUT2D eigenvalue weighted by Crippen LogP contribution is -2.30. The topological polar surface area (TPSA) is 107 Å². The van der Waals surface area contributed by atoms with Gasteiger partial charge in [-0.05, 0) is 24.8 Å². The molecule has 1 unspecified atom stereocenters. The molecule has 7 nitrogen and oxygen atoms in total. The number of hydrogen-bond donors (Lipinski definition) is 2. The summed E-state index contributed by atoms with van der Waals surface area (Å²) in [6, 6.07) is 4.89. The van der Waals surface area contributed by atoms with E-state index in [9.17, 15) is 10.1 Å². The molecule has 7 heteroatoms. The second-order valence-corrected chi connectivity index (χ2v) is 4.75. The van der Waals surface area contributed by atoms with E-state index in [0.29, 0.717) is 29.6 Å². The van der Waals surface area contributed by atoms with Crippen molar-refractivity contribution in [1.29, 1.82) is 0 Å². The van der Waals surface area contributed by atoms with Crippen LogP contribution in [0, 0.1) is 16.0 Å². The normalized spacial score (nSPS) is 16.5. The number of aromatic nitrogens is 1. The molecule has 1 aromatic carbocycles. The Hall–Kier alpha value is -2.15. The quantitative estimate of drug-likeness (QED) is 0.629. The number of fused-ring (bicyclic) bond motifs is 1. The zero-order valence-electron chi connectivity index (χ0n) is 10.2. The zero-order chi connectivity index (χ0) is 13.4. The molecule has 3 N–H and O–H groups in total. The van der Waals surface area contributed by atoms with Crippen molar-refractivity contribution >= 4 is 22.8 Å². The Labute approximate surface area is 108 Å². The molecule has 0 amide bonds. The second-order valence-electron chi connectivity index (χ2n) is 4.75. The molecule has 1 atom stereocenters. The van der Waals surface area contributed by atoms with Crippen molar-refractivity contribution < 1.29 is 9.34 Å². The van der Waals surface area contributed by atoms with Crippen molar-refractivity contribution in [3.05, 3.63) is 28.3 Å². The van der Waals surface area contributed by atoms with Crippen molar-refractivity contribution in [3.8, 4) is 0 Å². The summed E-state index contributed by atoms with van der Waals surface area (Å²) >= 11 is 0. The Morgan fingerprint density at radius 2 is 2.37 bits per heavy atom. The SMILES string of the molecule is NCC(Nc1nc2cc([N+](=O)[O-])ccc2o1)C1CC1. The maximum atomic E-state index is 10.7. The van der Waals surface area contributed by atoms with Crippen LogP contribution in [0.4, 0.5) is 11.7 Å². The third-order valence-corrected chi connectivity index (χ3v) is 3.34. The Kier molecular flexibility index (Phi) is 2.83. The largest absolute Gasteiger partial charge is 0.424 e. The third kappa shape index (κ3) is 2.37. The third-order valence-electron chi connectivity index (χ3n) is 3.34. The molecule has 0 saturated heterocycles. The highest BCUT2D eigenvalue weighted by Gasteiger charge is 2.31. The maximum Gasteiger partial charge on any atom is 0.295 e. The molecule has 100 valence electrons. The number of oxazole rings is 1. The summed E-state index contributed by atoms with van der Waals surface area (Å²) in [4.78, 5) is 14.5. The predicted octanol–water partition coefficient (Wildman–Crippen LogP) is 1.89. The van der Waals surface area contributed by atoms with E-state index in [2.05, 4.69) is 10.3 Å². The van der Waals surface area contributed by atoms with Crippen molar-refractivity contribution in [1.82, 2.24) is 4.98 Å². The van der Waals surface area contributed by atoms with Gasteiger partial charge >= 0.3 is 0 Å². The van der Waals surface area contributed by atoms with Gasteiger partial charge in [0.2, 0.25) is 0 Å². The van der Waals surface area contributed by atoms with E-state index >= 15 is 0 Å². The van der Waals surface area contributed by atoms with Crippen LogP contribution in [-0.4, -0.2) is 22.5 Å². The van der Waals surface area contributed by atoms with Gasteiger partial charge in [-0.15, -0.1) is 0 Å². The van der Waals surface area contributed by atoms with Crippen LogP contribution in [-0.2, 0) is 0 Å². The van der Waals surface area contributed by atoms with Crippen LogP contribution < -0.4 is 11.1 Å². The lowest BCUT2D eigenvalue weighted by Gasteiger charge is -2.13. The molecule has 0 aliphatic heterocycles. The summed E-state index contributed by atoms with van der Waals surface area (Å²) in [5.74, 6) is 0.578. The highest BCUT2D eigenvalue weighted by molar-refractivity contribution is 5.77. The van der Waals surface area contributed by atoms with Gasteiger partial charge < -0.3 is 15.5 Å². The molecule has 1 heterocycles. The van der Waals surface area contributed by atoms with Crippen molar-refractivity contribution in [3.63, 3.8) is 0 Å². The van der Waals surface area contributed by atoms with E-state index in [-0.39, 0.29) is 11.7 Å². The first kappa shape index (κ1) is 11.9. The summed E-state index contributed by atoms with van der Waals surface area (Å²) in [7, 11) is 0. The van der Waals surface area contributed by atoms with Gasteiger partial charge in [0.15, 0.2) is 5.58 Å². The minimum atomic E-state index is -0.450. The summed E-state index contributed by atoms with van der Waals surface area (Å²) < 4.78 is 5.51. The van der Waals surface area contributed by atoms with E-state index in [0.717, 1.165) is 0 Å². The van der Waals surface area contributed by atoms with Crippen LogP contribution in [0.2, 0.25) is 0 Å². The van der Waals surface area contributed by atoms with Crippen molar-refractivity contribution in [2.24, 2.45) is 11.7 Å². The summed E-state index contributed by atoms with van der Waals surface area (Å²) in [5.41, 5.74) is 6.71. The van der Waals surface area contributed by atoms with E-state index in [1.807, 2.05) is 0 Å². The van der Waals surface area contributed by atoms with Crippen LogP contribution in [0.25, 0.3) is 11.1 Å². The van der Waals surface area contributed by atoms with Gasteiger partial charge in [-0.25, -0.2) is 0 Å². The first-order valence-corrected chi connectivity index (χ1v) is 6.19. The lowest BCUT2D eigenvalue weighted by atomic mass is 10.2. The Morgan fingerprint density at radius 3 is 3.00 bits per heavy atom. The fraction of sp³-hybridized carbons (Fsp3) is 0.417. The number of nitrogens with one attached hydrogen (secondary N) is 1. The predicted molar refractivity (Wildman–Crippen MR) is 69.9 cm³/mol. The number of hydrogen-bond acceptors (Lipinski definition) is 6. The molecule has 0 bridgehead atoms. The van der Waals surface area contributed by atoms with Crippen molar-refractivity contribution in [2.75, 3.05) is 11.9 Å². The van der Waals surface area contributed by atoms with Gasteiger partial charge in [0.05, 0.1) is 4.92 Å². The maximum absolute atomic E-state index is 10.7. The second kappa shape index (κ2) is 4.51. The standard InChI is InChI=1S/C12H14N4O3/c13-6-10(7-1-2-7)15-12-14-9-5-8(16(17)18)3-4-11(9)19-12/h3-5,7,10H,1-2,6,13H2,(H,14,15). The fourth-order valence-electron chi connectivity index (χ4n) is 2.12. The molecular weight excluding hydrogens is 248 g/mol. The Morgan fingerprint density at radius 1 is 1.58 bits per heavy atom. The first-order valence-electron chi connectivity index (χ1n) is 6.19. The van der Waals surface area contributed by atoms with Gasteiger partial charge in [0.25, 0.3) is 11.7 Å². The highest BCUT2D eigenvalue weighted by atomic mass is 16.6. The molecule has 3 rings (SSSR count).